The van der Waals surface area contributed by atoms with Crippen LogP contribution in [0.3, 0.4) is 0 Å². The number of hydrogen-bond donors (Lipinski definition) is 1. The Labute approximate surface area is 157 Å². The van der Waals surface area contributed by atoms with Crippen molar-refractivity contribution in [3.63, 3.8) is 0 Å². The van der Waals surface area contributed by atoms with Crippen molar-refractivity contribution in [3.05, 3.63) is 77.9 Å². The van der Waals surface area contributed by atoms with Crippen LogP contribution in [0.15, 0.2) is 71.8 Å². The number of nitrogens with one attached hydrogen (secondary N) is 1. The third-order valence-corrected chi connectivity index (χ3v) is 4.12. The fourth-order valence-electron chi connectivity index (χ4n) is 2.85. The van der Waals surface area contributed by atoms with Gasteiger partial charge in [-0.25, -0.2) is 5.43 Å². The highest BCUT2D eigenvalue weighted by Gasteiger charge is 2.19. The van der Waals surface area contributed by atoms with Crippen LogP contribution in [-0.2, 0) is 4.79 Å². The molecule has 3 aromatic carbocycles. The number of ether oxygens (including phenoxy) is 1. The molecule has 1 amide bonds. The van der Waals surface area contributed by atoms with Crippen molar-refractivity contribution in [2.24, 2.45) is 5.10 Å². The lowest BCUT2D eigenvalue weighted by Gasteiger charge is -2.10. The van der Waals surface area contributed by atoms with E-state index >= 15 is 0 Å². The maximum atomic E-state index is 12.4. The van der Waals surface area contributed by atoms with Crippen molar-refractivity contribution in [3.8, 4) is 11.8 Å². The topological polar surface area (TPSA) is 74.5 Å². The van der Waals surface area contributed by atoms with E-state index in [4.69, 9.17) is 4.74 Å². The number of benzene rings is 3. The average Bonchev–Trinajstić information content (AvgIpc) is 2.71. The monoisotopic (exact) mass is 357 g/mol. The summed E-state index contributed by atoms with van der Waals surface area (Å²) in [4.78, 5) is 12.4. The van der Waals surface area contributed by atoms with Crippen molar-refractivity contribution >= 4 is 22.9 Å². The van der Waals surface area contributed by atoms with E-state index in [1.807, 2.05) is 55.5 Å². The van der Waals surface area contributed by atoms with Gasteiger partial charge in [-0.15, -0.1) is 0 Å². The Kier molecular flexibility index (Phi) is 5.80. The first kappa shape index (κ1) is 18.2. The van der Waals surface area contributed by atoms with E-state index in [1.54, 1.807) is 30.5 Å². The van der Waals surface area contributed by atoms with E-state index in [0.717, 1.165) is 16.3 Å². The minimum absolute atomic E-state index is 0.474. The van der Waals surface area contributed by atoms with Crippen LogP contribution in [0.1, 0.15) is 24.0 Å². The Morgan fingerprint density at radius 2 is 1.89 bits per heavy atom. The van der Waals surface area contributed by atoms with Crippen LogP contribution in [0.2, 0.25) is 0 Å². The number of fused-ring (bicyclic) bond motifs is 1. The molecule has 3 rings (SSSR count). The zero-order chi connectivity index (χ0) is 19.1. The van der Waals surface area contributed by atoms with Crippen LogP contribution in [0.25, 0.3) is 10.8 Å². The number of hydrazone groups is 1. The Bertz CT molecular complexity index is 1010. The van der Waals surface area contributed by atoms with Crippen LogP contribution in [0, 0.1) is 11.3 Å². The second-order valence-corrected chi connectivity index (χ2v) is 5.84. The summed E-state index contributed by atoms with van der Waals surface area (Å²) in [6.07, 6.45) is 1.56. The molecular formula is C22H19N3O2. The van der Waals surface area contributed by atoms with E-state index in [0.29, 0.717) is 17.9 Å². The molecule has 0 unspecified atom stereocenters. The molecule has 0 fully saturated rings. The Morgan fingerprint density at radius 1 is 1.15 bits per heavy atom. The molecular weight excluding hydrogens is 338 g/mol. The van der Waals surface area contributed by atoms with E-state index in [9.17, 15) is 10.1 Å². The van der Waals surface area contributed by atoms with E-state index in [2.05, 4.69) is 10.5 Å². The van der Waals surface area contributed by atoms with Gasteiger partial charge in [-0.1, -0.05) is 60.7 Å². The molecule has 1 atom stereocenters. The van der Waals surface area contributed by atoms with Crippen molar-refractivity contribution in [2.75, 3.05) is 6.61 Å². The molecule has 5 heteroatoms. The summed E-state index contributed by atoms with van der Waals surface area (Å²) in [5, 5.41) is 15.4. The summed E-state index contributed by atoms with van der Waals surface area (Å²) in [5.74, 6) is -0.700. The molecule has 27 heavy (non-hydrogen) atoms. The zero-order valence-electron chi connectivity index (χ0n) is 14.9. The van der Waals surface area contributed by atoms with E-state index in [1.165, 1.54) is 0 Å². The standard InChI is InChI=1S/C22H19N3O2/c1-2-27-21-13-12-17-10-6-7-11-18(17)20(21)15-24-25-22(26)19(14-23)16-8-4-3-5-9-16/h3-13,15,19H,2H2,1H3,(H,25,26)/b24-15-/t19-/m0/s1. The average molecular weight is 357 g/mol. The molecule has 0 radical (unpaired) electrons. The molecule has 0 bridgehead atoms. The van der Waals surface area contributed by atoms with E-state index < -0.39 is 11.8 Å². The quantitative estimate of drug-likeness (QED) is 0.535. The summed E-state index contributed by atoms with van der Waals surface area (Å²) in [6.45, 7) is 2.44. The van der Waals surface area contributed by atoms with Gasteiger partial charge in [0.05, 0.1) is 18.9 Å². The highest BCUT2D eigenvalue weighted by Crippen LogP contribution is 2.26. The number of nitrogens with zero attached hydrogens (tertiary/aromatic N) is 2. The lowest BCUT2D eigenvalue weighted by Crippen LogP contribution is -2.24. The number of nitriles is 1. The second-order valence-electron chi connectivity index (χ2n) is 5.84. The summed E-state index contributed by atoms with van der Waals surface area (Å²) in [6, 6.07) is 22.7. The summed E-state index contributed by atoms with van der Waals surface area (Å²) in [7, 11) is 0. The zero-order valence-corrected chi connectivity index (χ0v) is 14.9. The maximum Gasteiger partial charge on any atom is 0.261 e. The number of carbonyl (C=O) groups excluding carboxylic acids is 1. The molecule has 0 heterocycles. The first-order chi connectivity index (χ1) is 13.2. The molecule has 0 saturated heterocycles. The fourth-order valence-corrected chi connectivity index (χ4v) is 2.85. The summed E-state index contributed by atoms with van der Waals surface area (Å²) in [5.41, 5.74) is 3.88. The van der Waals surface area contributed by atoms with Crippen LogP contribution in [-0.4, -0.2) is 18.7 Å². The van der Waals surface area contributed by atoms with Crippen LogP contribution >= 0.6 is 0 Å². The van der Waals surface area contributed by atoms with Gasteiger partial charge in [-0.05, 0) is 29.3 Å². The second kappa shape index (κ2) is 8.63. The van der Waals surface area contributed by atoms with Crippen molar-refractivity contribution in [2.45, 2.75) is 12.8 Å². The third kappa shape index (κ3) is 4.13. The Balaban J connectivity index is 1.84. The Morgan fingerprint density at radius 3 is 2.63 bits per heavy atom. The van der Waals surface area contributed by atoms with Crippen LogP contribution in [0.5, 0.6) is 5.75 Å². The van der Waals surface area contributed by atoms with Gasteiger partial charge < -0.3 is 4.74 Å². The summed E-state index contributed by atoms with van der Waals surface area (Å²) < 4.78 is 5.68. The van der Waals surface area contributed by atoms with Crippen LogP contribution < -0.4 is 10.2 Å². The predicted molar refractivity (Wildman–Crippen MR) is 106 cm³/mol. The van der Waals surface area contributed by atoms with Gasteiger partial charge in [0.25, 0.3) is 5.91 Å². The third-order valence-electron chi connectivity index (χ3n) is 4.12. The largest absolute Gasteiger partial charge is 0.493 e. The fraction of sp³-hybridized carbons (Fsp3) is 0.136. The molecule has 0 aliphatic rings. The van der Waals surface area contributed by atoms with Gasteiger partial charge in [-0.3, -0.25) is 4.79 Å². The predicted octanol–water partition coefficient (Wildman–Crippen LogP) is 4.00. The highest BCUT2D eigenvalue weighted by molar-refractivity contribution is 6.02. The highest BCUT2D eigenvalue weighted by atomic mass is 16.5. The molecule has 5 nitrogen and oxygen atoms in total. The number of rotatable bonds is 6. The van der Waals surface area contributed by atoms with Gasteiger partial charge in [0.1, 0.15) is 5.75 Å². The van der Waals surface area contributed by atoms with Crippen molar-refractivity contribution < 1.29 is 9.53 Å². The van der Waals surface area contributed by atoms with Gasteiger partial charge in [0, 0.05) is 5.56 Å². The lowest BCUT2D eigenvalue weighted by molar-refractivity contribution is -0.121. The lowest BCUT2D eigenvalue weighted by atomic mass is 10.0. The number of hydrogen-bond acceptors (Lipinski definition) is 4. The smallest absolute Gasteiger partial charge is 0.261 e. The van der Waals surface area contributed by atoms with Crippen molar-refractivity contribution in [1.29, 1.82) is 5.26 Å². The molecule has 0 spiro atoms. The molecule has 1 N–H and O–H groups in total. The molecule has 134 valence electrons. The van der Waals surface area contributed by atoms with Crippen LogP contribution in [0.4, 0.5) is 0 Å². The number of amides is 1. The maximum absolute atomic E-state index is 12.4. The normalized spacial score (nSPS) is 11.9. The Hall–Kier alpha value is -3.65. The van der Waals surface area contributed by atoms with Gasteiger partial charge in [0.2, 0.25) is 0 Å². The minimum Gasteiger partial charge on any atom is -0.493 e. The van der Waals surface area contributed by atoms with E-state index in [-0.39, 0.29) is 0 Å². The van der Waals surface area contributed by atoms with Gasteiger partial charge in [0.15, 0.2) is 5.92 Å². The molecule has 3 aromatic rings. The van der Waals surface area contributed by atoms with Crippen molar-refractivity contribution in [1.82, 2.24) is 5.43 Å². The molecule has 0 aliphatic heterocycles. The molecule has 0 aliphatic carbocycles. The van der Waals surface area contributed by atoms with Gasteiger partial charge in [-0.2, -0.15) is 10.4 Å². The SMILES string of the molecule is CCOc1ccc2ccccc2c1/C=N\NC(=O)[C@@H](C#N)c1ccccc1. The molecule has 0 saturated carbocycles. The van der Waals surface area contributed by atoms with Gasteiger partial charge >= 0.3 is 0 Å². The molecule has 0 aromatic heterocycles. The first-order valence-electron chi connectivity index (χ1n) is 8.66. The minimum atomic E-state index is -0.915. The number of carbonyl (C=O) groups is 1. The summed E-state index contributed by atoms with van der Waals surface area (Å²) >= 11 is 0. The first-order valence-corrected chi connectivity index (χ1v) is 8.66.